The average molecular weight is 293 g/mol. The summed E-state index contributed by atoms with van der Waals surface area (Å²) >= 11 is 0. The van der Waals surface area contributed by atoms with Crippen LogP contribution in [0.15, 0.2) is 47.4 Å². The minimum absolute atomic E-state index is 0.239. The van der Waals surface area contributed by atoms with Crippen LogP contribution in [0, 0.1) is 0 Å². The lowest BCUT2D eigenvalue weighted by atomic mass is 10.2. The molecular formula is C14H15NO4S. The van der Waals surface area contributed by atoms with E-state index >= 15 is 0 Å². The molecule has 0 amide bonds. The molecule has 6 heteroatoms. The van der Waals surface area contributed by atoms with Crippen molar-refractivity contribution in [3.63, 3.8) is 0 Å². The third kappa shape index (κ3) is 3.21. The van der Waals surface area contributed by atoms with Crippen LogP contribution in [0.2, 0.25) is 0 Å². The van der Waals surface area contributed by atoms with Crippen LogP contribution in [0.25, 0.3) is 0 Å². The molecule has 2 aromatic carbocycles. The maximum absolute atomic E-state index is 11.4. The average Bonchev–Trinajstić information content (AvgIpc) is 2.41. The van der Waals surface area contributed by atoms with Gasteiger partial charge in [-0.3, -0.25) is 0 Å². The van der Waals surface area contributed by atoms with Gasteiger partial charge >= 0.3 is 0 Å². The number of anilines is 1. The molecule has 0 saturated carbocycles. The van der Waals surface area contributed by atoms with E-state index < -0.39 is 9.84 Å². The van der Waals surface area contributed by atoms with Gasteiger partial charge in [-0.25, -0.2) is 8.42 Å². The number of rotatable bonds is 4. The van der Waals surface area contributed by atoms with Gasteiger partial charge in [-0.15, -0.1) is 0 Å². The van der Waals surface area contributed by atoms with Gasteiger partial charge in [0.15, 0.2) is 15.6 Å². The highest BCUT2D eigenvalue weighted by Gasteiger charge is 2.08. The van der Waals surface area contributed by atoms with Crippen LogP contribution in [0.4, 0.5) is 5.69 Å². The zero-order valence-electron chi connectivity index (χ0n) is 11.2. The second-order valence-corrected chi connectivity index (χ2v) is 6.27. The maximum Gasteiger partial charge on any atom is 0.175 e. The Labute approximate surface area is 117 Å². The molecule has 106 valence electrons. The fraction of sp³-hybridized carbons (Fsp3) is 0.143. The molecule has 20 heavy (non-hydrogen) atoms. The van der Waals surface area contributed by atoms with E-state index in [-0.39, 0.29) is 4.90 Å². The third-order valence-electron chi connectivity index (χ3n) is 2.70. The number of nitrogen functional groups attached to an aromatic ring is 1. The van der Waals surface area contributed by atoms with Gasteiger partial charge in [-0.05, 0) is 36.4 Å². The van der Waals surface area contributed by atoms with Crippen LogP contribution in [0.1, 0.15) is 0 Å². The van der Waals surface area contributed by atoms with Gasteiger partial charge in [0.2, 0.25) is 0 Å². The molecule has 0 aliphatic carbocycles. The lowest BCUT2D eigenvalue weighted by Crippen LogP contribution is -1.97. The number of methoxy groups -OCH3 is 1. The van der Waals surface area contributed by atoms with Gasteiger partial charge in [0, 0.05) is 12.3 Å². The molecule has 2 aromatic rings. The Balaban J connectivity index is 2.26. The van der Waals surface area contributed by atoms with E-state index in [1.54, 1.807) is 37.4 Å². The first-order valence-corrected chi connectivity index (χ1v) is 7.71. The molecule has 0 spiro atoms. The first kappa shape index (κ1) is 14.2. The van der Waals surface area contributed by atoms with Crippen LogP contribution < -0.4 is 15.2 Å². The predicted molar refractivity (Wildman–Crippen MR) is 77.0 cm³/mol. The normalized spacial score (nSPS) is 11.1. The minimum Gasteiger partial charge on any atom is -0.497 e. The van der Waals surface area contributed by atoms with Crippen LogP contribution in [-0.2, 0) is 9.84 Å². The predicted octanol–water partition coefficient (Wildman–Crippen LogP) is 2.47. The molecule has 0 atom stereocenters. The molecule has 0 saturated heterocycles. The molecule has 0 radical (unpaired) electrons. The zero-order chi connectivity index (χ0) is 14.8. The number of benzene rings is 2. The summed E-state index contributed by atoms with van der Waals surface area (Å²) in [5.74, 6) is 1.58. The number of hydrogen-bond acceptors (Lipinski definition) is 5. The Bertz CT molecular complexity index is 708. The van der Waals surface area contributed by atoms with Crippen molar-refractivity contribution in [1.29, 1.82) is 0 Å². The maximum atomic E-state index is 11.4. The van der Waals surface area contributed by atoms with E-state index in [9.17, 15) is 8.42 Å². The van der Waals surface area contributed by atoms with Gasteiger partial charge in [-0.2, -0.15) is 0 Å². The Kier molecular flexibility index (Phi) is 3.85. The van der Waals surface area contributed by atoms with Crippen molar-refractivity contribution in [3.8, 4) is 17.2 Å². The Morgan fingerprint density at radius 3 is 2.15 bits per heavy atom. The highest BCUT2D eigenvalue weighted by atomic mass is 32.2. The van der Waals surface area contributed by atoms with E-state index in [1.807, 2.05) is 0 Å². The Morgan fingerprint density at radius 1 is 1.00 bits per heavy atom. The van der Waals surface area contributed by atoms with Crippen molar-refractivity contribution in [2.75, 3.05) is 19.1 Å². The Morgan fingerprint density at radius 2 is 1.60 bits per heavy atom. The van der Waals surface area contributed by atoms with Gasteiger partial charge in [0.1, 0.15) is 11.5 Å². The SMILES string of the molecule is COc1ccc(N)c(Oc2ccc(S(C)(=O)=O)cc2)c1. The molecular weight excluding hydrogens is 278 g/mol. The highest BCUT2D eigenvalue weighted by Crippen LogP contribution is 2.31. The van der Waals surface area contributed by atoms with Crippen LogP contribution >= 0.6 is 0 Å². The molecule has 0 unspecified atom stereocenters. The number of sulfone groups is 1. The summed E-state index contributed by atoms with van der Waals surface area (Å²) in [5.41, 5.74) is 6.29. The van der Waals surface area contributed by atoms with Crippen LogP contribution in [0.5, 0.6) is 17.2 Å². The second-order valence-electron chi connectivity index (χ2n) is 4.25. The topological polar surface area (TPSA) is 78.6 Å². The summed E-state index contributed by atoms with van der Waals surface area (Å²) in [6, 6.07) is 11.2. The summed E-state index contributed by atoms with van der Waals surface area (Å²) in [4.78, 5) is 0.239. The second kappa shape index (κ2) is 5.42. The molecule has 0 aromatic heterocycles. The van der Waals surface area contributed by atoms with Gasteiger partial charge in [0.05, 0.1) is 17.7 Å². The summed E-state index contributed by atoms with van der Waals surface area (Å²) in [7, 11) is -1.66. The largest absolute Gasteiger partial charge is 0.497 e. The number of ether oxygens (including phenoxy) is 2. The minimum atomic E-state index is -3.21. The number of nitrogens with two attached hydrogens (primary N) is 1. The lowest BCUT2D eigenvalue weighted by Gasteiger charge is -2.10. The van der Waals surface area contributed by atoms with Crippen molar-refractivity contribution >= 4 is 15.5 Å². The van der Waals surface area contributed by atoms with Gasteiger partial charge in [0.25, 0.3) is 0 Å². The highest BCUT2D eigenvalue weighted by molar-refractivity contribution is 7.90. The van der Waals surface area contributed by atoms with E-state index in [2.05, 4.69) is 0 Å². The van der Waals surface area contributed by atoms with Crippen LogP contribution in [-0.4, -0.2) is 21.8 Å². The van der Waals surface area contributed by atoms with Crippen molar-refractivity contribution in [1.82, 2.24) is 0 Å². The zero-order valence-corrected chi connectivity index (χ0v) is 12.0. The molecule has 2 rings (SSSR count). The quantitative estimate of drug-likeness (QED) is 0.876. The molecule has 5 nitrogen and oxygen atoms in total. The monoisotopic (exact) mass is 293 g/mol. The van der Waals surface area contributed by atoms with E-state index in [0.29, 0.717) is 22.9 Å². The lowest BCUT2D eigenvalue weighted by molar-refractivity contribution is 0.409. The van der Waals surface area contributed by atoms with Gasteiger partial charge < -0.3 is 15.2 Å². The third-order valence-corrected chi connectivity index (χ3v) is 3.83. The summed E-state index contributed by atoms with van der Waals surface area (Å²) in [5, 5.41) is 0. The van der Waals surface area contributed by atoms with E-state index in [4.69, 9.17) is 15.2 Å². The fourth-order valence-corrected chi connectivity index (χ4v) is 2.24. The molecule has 0 bridgehead atoms. The molecule has 0 aliphatic heterocycles. The van der Waals surface area contributed by atoms with Crippen LogP contribution in [0.3, 0.4) is 0 Å². The molecule has 0 aliphatic rings. The fourth-order valence-electron chi connectivity index (χ4n) is 1.61. The van der Waals surface area contributed by atoms with Crippen molar-refractivity contribution in [2.45, 2.75) is 4.90 Å². The standard InChI is InChI=1S/C14H15NO4S/c1-18-11-5-8-13(15)14(9-11)19-10-3-6-12(7-4-10)20(2,16)17/h3-9H,15H2,1-2H3. The first-order chi connectivity index (χ1) is 9.40. The van der Waals surface area contributed by atoms with E-state index in [1.165, 1.54) is 12.1 Å². The first-order valence-electron chi connectivity index (χ1n) is 5.81. The Hall–Kier alpha value is -2.21. The summed E-state index contributed by atoms with van der Waals surface area (Å²) in [6.07, 6.45) is 1.16. The molecule has 0 heterocycles. The molecule has 2 N–H and O–H groups in total. The smallest absolute Gasteiger partial charge is 0.175 e. The number of hydrogen-bond donors (Lipinski definition) is 1. The van der Waals surface area contributed by atoms with Gasteiger partial charge in [-0.1, -0.05) is 0 Å². The van der Waals surface area contributed by atoms with E-state index in [0.717, 1.165) is 6.26 Å². The summed E-state index contributed by atoms with van der Waals surface area (Å²) < 4.78 is 33.4. The van der Waals surface area contributed by atoms with Crippen molar-refractivity contribution < 1.29 is 17.9 Å². The van der Waals surface area contributed by atoms with Crippen molar-refractivity contribution in [2.24, 2.45) is 0 Å². The summed E-state index contributed by atoms with van der Waals surface area (Å²) in [6.45, 7) is 0. The van der Waals surface area contributed by atoms with Crippen molar-refractivity contribution in [3.05, 3.63) is 42.5 Å². The molecule has 0 fully saturated rings.